The van der Waals surface area contributed by atoms with Crippen LogP contribution in [0, 0.1) is 5.41 Å². The van der Waals surface area contributed by atoms with E-state index in [9.17, 15) is 13.2 Å². The number of nitrogens with one attached hydrogen (secondary N) is 1. The molecule has 0 aromatic rings. The van der Waals surface area contributed by atoms with Crippen LogP contribution in [0.2, 0.25) is 0 Å². The summed E-state index contributed by atoms with van der Waals surface area (Å²) < 4.78 is 35.2. The molecule has 0 aromatic carbocycles. The van der Waals surface area contributed by atoms with Crippen LogP contribution in [-0.4, -0.2) is 19.3 Å². The van der Waals surface area contributed by atoms with E-state index >= 15 is 0 Å². The van der Waals surface area contributed by atoms with Crippen molar-refractivity contribution in [1.82, 2.24) is 5.32 Å². The Labute approximate surface area is 57.6 Å². The predicted molar refractivity (Wildman–Crippen MR) is 31.6 cm³/mol. The number of alkyl halides is 3. The molecule has 1 aliphatic rings. The second kappa shape index (κ2) is 2.12. The highest BCUT2D eigenvalue weighted by Crippen LogP contribution is 2.35. The molecule has 1 N–H and O–H groups in total. The minimum atomic E-state index is -4.00. The molecule has 1 aliphatic heterocycles. The highest BCUT2D eigenvalue weighted by atomic mass is 19.4. The number of hydrogen-bond acceptors (Lipinski definition) is 1. The Morgan fingerprint density at radius 2 is 1.90 bits per heavy atom. The molecule has 4 heteroatoms. The molecule has 0 aliphatic carbocycles. The van der Waals surface area contributed by atoms with Gasteiger partial charge in [0.1, 0.15) is 0 Å². The Kier molecular flexibility index (Phi) is 1.66. The van der Waals surface area contributed by atoms with Crippen molar-refractivity contribution >= 4 is 0 Å². The normalized spacial score (nSPS) is 24.0. The summed E-state index contributed by atoms with van der Waals surface area (Å²) >= 11 is 0. The quantitative estimate of drug-likeness (QED) is 0.602. The second-order valence-corrected chi connectivity index (χ2v) is 3.21. The van der Waals surface area contributed by atoms with Crippen molar-refractivity contribution in [2.75, 3.05) is 13.1 Å². The van der Waals surface area contributed by atoms with Crippen LogP contribution in [0.15, 0.2) is 0 Å². The van der Waals surface area contributed by atoms with Crippen LogP contribution >= 0.6 is 0 Å². The first-order valence-electron chi connectivity index (χ1n) is 3.19. The molecular formula is C6H10F3N. The summed E-state index contributed by atoms with van der Waals surface area (Å²) in [7, 11) is 0. The first-order valence-corrected chi connectivity index (χ1v) is 3.19. The average Bonchev–Trinajstić information content (AvgIpc) is 1.57. The molecule has 1 saturated heterocycles. The summed E-state index contributed by atoms with van der Waals surface area (Å²) in [5.74, 6) is 0. The lowest BCUT2D eigenvalue weighted by molar-refractivity contribution is -0.162. The fourth-order valence-corrected chi connectivity index (χ4v) is 1.16. The number of hydrogen-bond donors (Lipinski definition) is 1. The van der Waals surface area contributed by atoms with Crippen LogP contribution < -0.4 is 5.32 Å². The van der Waals surface area contributed by atoms with Crippen molar-refractivity contribution in [3.05, 3.63) is 0 Å². The third-order valence-corrected chi connectivity index (χ3v) is 1.73. The van der Waals surface area contributed by atoms with E-state index in [0.29, 0.717) is 13.1 Å². The Balaban J connectivity index is 2.37. The maximum atomic E-state index is 11.7. The van der Waals surface area contributed by atoms with Gasteiger partial charge in [0.05, 0.1) is 6.42 Å². The number of rotatable bonds is 1. The smallest absolute Gasteiger partial charge is 0.316 e. The molecule has 0 unspecified atom stereocenters. The molecule has 0 saturated carbocycles. The van der Waals surface area contributed by atoms with E-state index in [-0.39, 0.29) is 0 Å². The molecule has 0 amide bonds. The van der Waals surface area contributed by atoms with Gasteiger partial charge in [-0.2, -0.15) is 13.2 Å². The van der Waals surface area contributed by atoms with Gasteiger partial charge < -0.3 is 5.32 Å². The van der Waals surface area contributed by atoms with Crippen LogP contribution in [-0.2, 0) is 0 Å². The molecule has 0 radical (unpaired) electrons. The lowest BCUT2D eigenvalue weighted by atomic mass is 9.81. The van der Waals surface area contributed by atoms with E-state index in [4.69, 9.17) is 0 Å². The molecule has 0 bridgehead atoms. The predicted octanol–water partition coefficient (Wildman–Crippen LogP) is 1.55. The van der Waals surface area contributed by atoms with E-state index in [1.807, 2.05) is 0 Å². The van der Waals surface area contributed by atoms with Crippen molar-refractivity contribution in [3.8, 4) is 0 Å². The summed E-state index contributed by atoms with van der Waals surface area (Å²) in [4.78, 5) is 0. The van der Waals surface area contributed by atoms with E-state index in [1.54, 1.807) is 6.92 Å². The molecule has 1 rings (SSSR count). The monoisotopic (exact) mass is 153 g/mol. The van der Waals surface area contributed by atoms with Gasteiger partial charge in [-0.05, 0) is 0 Å². The minimum absolute atomic E-state index is 0.493. The van der Waals surface area contributed by atoms with Gasteiger partial charge in [-0.15, -0.1) is 0 Å². The van der Waals surface area contributed by atoms with Gasteiger partial charge in [0, 0.05) is 18.5 Å². The minimum Gasteiger partial charge on any atom is -0.316 e. The fraction of sp³-hybridized carbons (Fsp3) is 1.00. The average molecular weight is 153 g/mol. The van der Waals surface area contributed by atoms with Crippen molar-refractivity contribution in [1.29, 1.82) is 0 Å². The zero-order valence-electron chi connectivity index (χ0n) is 5.76. The van der Waals surface area contributed by atoms with Crippen LogP contribution in [0.4, 0.5) is 13.2 Å². The Hall–Kier alpha value is -0.250. The lowest BCUT2D eigenvalue weighted by Crippen LogP contribution is -2.53. The third kappa shape index (κ3) is 1.87. The first-order chi connectivity index (χ1) is 4.41. The topological polar surface area (TPSA) is 12.0 Å². The first kappa shape index (κ1) is 7.85. The van der Waals surface area contributed by atoms with Gasteiger partial charge in [0.25, 0.3) is 0 Å². The molecule has 1 nitrogen and oxygen atoms in total. The second-order valence-electron chi connectivity index (χ2n) is 3.21. The summed E-state index contributed by atoms with van der Waals surface area (Å²) in [6.07, 6.45) is -4.66. The Morgan fingerprint density at radius 3 is 2.00 bits per heavy atom. The molecule has 1 heterocycles. The highest BCUT2D eigenvalue weighted by Gasteiger charge is 2.42. The van der Waals surface area contributed by atoms with Crippen LogP contribution in [0.1, 0.15) is 13.3 Å². The Morgan fingerprint density at radius 1 is 1.40 bits per heavy atom. The molecule has 10 heavy (non-hydrogen) atoms. The molecule has 0 spiro atoms. The summed E-state index contributed by atoms with van der Waals surface area (Å²) in [5, 5.41) is 2.82. The summed E-state index contributed by atoms with van der Waals surface area (Å²) in [6.45, 7) is 2.63. The van der Waals surface area contributed by atoms with Gasteiger partial charge >= 0.3 is 6.18 Å². The van der Waals surface area contributed by atoms with Gasteiger partial charge in [0.15, 0.2) is 0 Å². The maximum Gasteiger partial charge on any atom is 0.389 e. The van der Waals surface area contributed by atoms with Crippen molar-refractivity contribution < 1.29 is 13.2 Å². The largest absolute Gasteiger partial charge is 0.389 e. The molecular weight excluding hydrogens is 143 g/mol. The zero-order chi connectivity index (χ0) is 7.83. The third-order valence-electron chi connectivity index (χ3n) is 1.73. The van der Waals surface area contributed by atoms with Gasteiger partial charge in [-0.1, -0.05) is 6.92 Å². The summed E-state index contributed by atoms with van der Waals surface area (Å²) in [6, 6.07) is 0. The molecule has 1 fully saturated rings. The fourth-order valence-electron chi connectivity index (χ4n) is 1.16. The van der Waals surface area contributed by atoms with Crippen LogP contribution in [0.25, 0.3) is 0 Å². The van der Waals surface area contributed by atoms with Crippen molar-refractivity contribution in [3.63, 3.8) is 0 Å². The zero-order valence-corrected chi connectivity index (χ0v) is 5.76. The molecule has 60 valence electrons. The SMILES string of the molecule is CC1(CC(F)(F)F)CNC1. The summed E-state index contributed by atoms with van der Waals surface area (Å²) in [5.41, 5.74) is -0.530. The van der Waals surface area contributed by atoms with E-state index in [1.165, 1.54) is 0 Å². The van der Waals surface area contributed by atoms with Crippen LogP contribution in [0.5, 0.6) is 0 Å². The highest BCUT2D eigenvalue weighted by molar-refractivity contribution is 4.89. The lowest BCUT2D eigenvalue weighted by Gasteiger charge is -2.39. The molecule has 0 aromatic heterocycles. The standard InChI is InChI=1S/C6H10F3N/c1-5(3-10-4-5)2-6(7,8)9/h10H,2-4H2,1H3. The maximum absolute atomic E-state index is 11.7. The van der Waals surface area contributed by atoms with Gasteiger partial charge in [-0.3, -0.25) is 0 Å². The van der Waals surface area contributed by atoms with Crippen molar-refractivity contribution in [2.24, 2.45) is 5.41 Å². The number of halogens is 3. The Bertz CT molecular complexity index is 125. The van der Waals surface area contributed by atoms with E-state index in [0.717, 1.165) is 0 Å². The van der Waals surface area contributed by atoms with Crippen LogP contribution in [0.3, 0.4) is 0 Å². The van der Waals surface area contributed by atoms with Gasteiger partial charge in [0.2, 0.25) is 0 Å². The molecule has 0 atom stereocenters. The van der Waals surface area contributed by atoms with E-state index in [2.05, 4.69) is 5.32 Å². The van der Waals surface area contributed by atoms with Gasteiger partial charge in [-0.25, -0.2) is 0 Å². The van der Waals surface area contributed by atoms with Crippen molar-refractivity contribution in [2.45, 2.75) is 19.5 Å². The van der Waals surface area contributed by atoms with E-state index < -0.39 is 18.0 Å².